The van der Waals surface area contributed by atoms with Crippen LogP contribution in [0.2, 0.25) is 0 Å². The molecular weight excluding hydrogens is 364 g/mol. The van der Waals surface area contributed by atoms with Gasteiger partial charge in [0.05, 0.1) is 12.3 Å². The van der Waals surface area contributed by atoms with Crippen molar-refractivity contribution in [2.45, 2.75) is 49.8 Å². The molecule has 27 heavy (non-hydrogen) atoms. The molecule has 1 amide bonds. The van der Waals surface area contributed by atoms with E-state index in [1.165, 1.54) is 10.5 Å². The van der Waals surface area contributed by atoms with Crippen LogP contribution in [0.4, 0.5) is 16.3 Å². The molecule has 1 aromatic carbocycles. The van der Waals surface area contributed by atoms with Gasteiger partial charge in [0.15, 0.2) is 5.82 Å². The normalized spacial score (nSPS) is 21.3. The van der Waals surface area contributed by atoms with E-state index in [-0.39, 0.29) is 18.2 Å². The average Bonchev–Trinajstić information content (AvgIpc) is 3.33. The number of anilines is 2. The zero-order chi connectivity index (χ0) is 18.8. The van der Waals surface area contributed by atoms with Crippen molar-refractivity contribution >= 4 is 29.4 Å². The summed E-state index contributed by atoms with van der Waals surface area (Å²) in [4.78, 5) is 13.1. The van der Waals surface area contributed by atoms with Crippen molar-refractivity contribution in [2.75, 3.05) is 17.7 Å². The van der Waals surface area contributed by atoms with Crippen LogP contribution in [0.25, 0.3) is 0 Å². The second-order valence-electron chi connectivity index (χ2n) is 7.14. The fraction of sp³-hybridized carbons (Fsp3) is 0.474. The number of hydrogen-bond donors (Lipinski definition) is 3. The first kappa shape index (κ1) is 18.2. The Labute approximate surface area is 162 Å². The number of nitrogens with one attached hydrogen (secondary N) is 3. The highest BCUT2D eigenvalue weighted by molar-refractivity contribution is 7.99. The summed E-state index contributed by atoms with van der Waals surface area (Å²) >= 11 is 1.90. The third-order valence-electron chi connectivity index (χ3n) is 4.55. The molecule has 1 unspecified atom stereocenters. The maximum atomic E-state index is 11.7. The minimum absolute atomic E-state index is 0.0506. The summed E-state index contributed by atoms with van der Waals surface area (Å²) in [5, 5.41) is 13.4. The topological polar surface area (TPSA) is 88.3 Å². The van der Waals surface area contributed by atoms with E-state index in [1.807, 2.05) is 31.7 Å². The van der Waals surface area contributed by atoms with Crippen molar-refractivity contribution in [1.29, 1.82) is 0 Å². The molecule has 0 spiro atoms. The van der Waals surface area contributed by atoms with Crippen LogP contribution in [0, 0.1) is 0 Å². The lowest BCUT2D eigenvalue weighted by atomic mass is 10.1. The van der Waals surface area contributed by atoms with Crippen LogP contribution in [-0.2, 0) is 15.9 Å². The molecule has 3 heterocycles. The highest BCUT2D eigenvalue weighted by atomic mass is 32.2. The SMILES string of the molecule is CC(C)NC(=O)O[C@@H]1COC(c2cc(Nc3ccc4c(c3)CCS4)n[nH]2)C1. The highest BCUT2D eigenvalue weighted by Crippen LogP contribution is 2.34. The number of hydrogen-bond acceptors (Lipinski definition) is 6. The number of amides is 1. The van der Waals surface area contributed by atoms with Gasteiger partial charge in [-0.1, -0.05) is 0 Å². The van der Waals surface area contributed by atoms with Crippen LogP contribution >= 0.6 is 11.8 Å². The number of ether oxygens (including phenoxy) is 2. The van der Waals surface area contributed by atoms with Gasteiger partial charge in [-0.3, -0.25) is 5.10 Å². The highest BCUT2D eigenvalue weighted by Gasteiger charge is 2.31. The number of benzene rings is 1. The number of H-pyrrole nitrogens is 1. The maximum Gasteiger partial charge on any atom is 0.407 e. The van der Waals surface area contributed by atoms with E-state index in [1.54, 1.807) is 0 Å². The van der Waals surface area contributed by atoms with Gasteiger partial charge in [-0.2, -0.15) is 5.10 Å². The minimum Gasteiger partial charge on any atom is -0.444 e. The van der Waals surface area contributed by atoms with Crippen molar-refractivity contribution in [3.63, 3.8) is 0 Å². The first-order valence-electron chi connectivity index (χ1n) is 9.23. The molecule has 1 saturated heterocycles. The van der Waals surface area contributed by atoms with Gasteiger partial charge in [-0.15, -0.1) is 11.8 Å². The van der Waals surface area contributed by atoms with Crippen LogP contribution in [0.15, 0.2) is 29.2 Å². The van der Waals surface area contributed by atoms with Gasteiger partial charge >= 0.3 is 6.09 Å². The standard InChI is InChI=1S/C19H24N4O3S/c1-11(2)20-19(24)26-14-8-16(25-10-14)15-9-18(23-22-15)21-13-3-4-17-12(7-13)5-6-27-17/h3-4,7,9,11,14,16H,5-6,8,10H2,1-2H3,(H,20,24)(H2,21,22,23)/t14-,16?/m0/s1. The van der Waals surface area contributed by atoms with Gasteiger partial charge < -0.3 is 20.1 Å². The van der Waals surface area contributed by atoms with Crippen molar-refractivity contribution in [3.05, 3.63) is 35.5 Å². The number of carbonyl (C=O) groups is 1. The van der Waals surface area contributed by atoms with Crippen molar-refractivity contribution in [2.24, 2.45) is 0 Å². The molecule has 0 bridgehead atoms. The minimum atomic E-state index is -0.402. The molecular formula is C19H24N4O3S. The molecule has 4 rings (SSSR count). The zero-order valence-electron chi connectivity index (χ0n) is 15.5. The van der Waals surface area contributed by atoms with Crippen LogP contribution in [-0.4, -0.2) is 40.8 Å². The Morgan fingerprint density at radius 3 is 3.15 bits per heavy atom. The molecule has 2 aromatic rings. The van der Waals surface area contributed by atoms with Crippen LogP contribution in [0.5, 0.6) is 0 Å². The Bertz CT molecular complexity index is 823. The van der Waals surface area contributed by atoms with Gasteiger partial charge in [0, 0.05) is 34.9 Å². The molecule has 7 nitrogen and oxygen atoms in total. The number of rotatable bonds is 5. The smallest absolute Gasteiger partial charge is 0.407 e. The Kier molecular flexibility index (Phi) is 5.27. The predicted octanol–water partition coefficient (Wildman–Crippen LogP) is 3.77. The summed E-state index contributed by atoms with van der Waals surface area (Å²) < 4.78 is 11.2. The summed E-state index contributed by atoms with van der Waals surface area (Å²) in [7, 11) is 0. The van der Waals surface area contributed by atoms with Crippen molar-refractivity contribution in [3.8, 4) is 0 Å². The zero-order valence-corrected chi connectivity index (χ0v) is 16.3. The Hall–Kier alpha value is -2.19. The van der Waals surface area contributed by atoms with Gasteiger partial charge in [0.1, 0.15) is 12.2 Å². The first-order chi connectivity index (χ1) is 13.1. The second-order valence-corrected chi connectivity index (χ2v) is 8.28. The molecule has 8 heteroatoms. The van der Waals surface area contributed by atoms with E-state index < -0.39 is 6.09 Å². The van der Waals surface area contributed by atoms with E-state index in [4.69, 9.17) is 9.47 Å². The molecule has 3 N–H and O–H groups in total. The fourth-order valence-corrected chi connectivity index (χ4v) is 4.35. The van der Waals surface area contributed by atoms with Gasteiger partial charge in [-0.05, 0) is 44.0 Å². The number of fused-ring (bicyclic) bond motifs is 1. The number of nitrogens with zero attached hydrogens (tertiary/aromatic N) is 1. The lowest BCUT2D eigenvalue weighted by molar-refractivity contribution is 0.0682. The molecule has 0 aliphatic carbocycles. The van der Waals surface area contributed by atoms with Crippen molar-refractivity contribution in [1.82, 2.24) is 15.5 Å². The summed E-state index contributed by atoms with van der Waals surface area (Å²) in [5.41, 5.74) is 3.30. The van der Waals surface area contributed by atoms with Gasteiger partial charge in [0.2, 0.25) is 0 Å². The summed E-state index contributed by atoms with van der Waals surface area (Å²) in [6.07, 6.45) is 0.927. The third kappa shape index (κ3) is 4.39. The maximum absolute atomic E-state index is 11.7. The molecule has 2 aliphatic rings. The predicted molar refractivity (Wildman–Crippen MR) is 105 cm³/mol. The van der Waals surface area contributed by atoms with Crippen molar-refractivity contribution < 1.29 is 14.3 Å². The number of carbonyl (C=O) groups excluding carboxylic acids is 1. The Morgan fingerprint density at radius 1 is 1.41 bits per heavy atom. The van der Waals surface area contributed by atoms with E-state index in [2.05, 4.69) is 39.0 Å². The molecule has 1 aromatic heterocycles. The first-order valence-corrected chi connectivity index (χ1v) is 10.2. The molecule has 0 radical (unpaired) electrons. The van der Waals surface area contributed by atoms with Crippen LogP contribution in [0.1, 0.15) is 37.6 Å². The summed E-state index contributed by atoms with van der Waals surface area (Å²) in [6, 6.07) is 8.42. The molecule has 1 fully saturated rings. The summed E-state index contributed by atoms with van der Waals surface area (Å²) in [6.45, 7) is 4.18. The Morgan fingerprint density at radius 2 is 2.30 bits per heavy atom. The summed E-state index contributed by atoms with van der Waals surface area (Å²) in [5.74, 6) is 1.91. The second kappa shape index (κ2) is 7.82. The number of alkyl carbamates (subject to hydrolysis) is 1. The number of aryl methyl sites for hydroxylation is 1. The molecule has 0 saturated carbocycles. The average molecular weight is 388 g/mol. The molecule has 2 atom stereocenters. The van der Waals surface area contributed by atoms with E-state index in [0.717, 1.165) is 29.4 Å². The van der Waals surface area contributed by atoms with Gasteiger partial charge in [-0.25, -0.2) is 4.79 Å². The van der Waals surface area contributed by atoms with Crippen LogP contribution < -0.4 is 10.6 Å². The van der Waals surface area contributed by atoms with E-state index >= 15 is 0 Å². The van der Waals surface area contributed by atoms with E-state index in [0.29, 0.717) is 13.0 Å². The van der Waals surface area contributed by atoms with Gasteiger partial charge in [0.25, 0.3) is 0 Å². The molecule has 2 aliphatic heterocycles. The lowest BCUT2D eigenvalue weighted by Gasteiger charge is -2.13. The fourth-order valence-electron chi connectivity index (χ4n) is 3.30. The quantitative estimate of drug-likeness (QED) is 0.723. The monoisotopic (exact) mass is 388 g/mol. The third-order valence-corrected chi connectivity index (χ3v) is 5.66. The number of aromatic amines is 1. The van der Waals surface area contributed by atoms with Crippen LogP contribution in [0.3, 0.4) is 0 Å². The Balaban J connectivity index is 1.34. The largest absolute Gasteiger partial charge is 0.444 e. The van der Waals surface area contributed by atoms with E-state index in [9.17, 15) is 4.79 Å². The molecule has 144 valence electrons. The number of aromatic nitrogens is 2. The number of thioether (sulfide) groups is 1. The lowest BCUT2D eigenvalue weighted by Crippen LogP contribution is -2.33.